The molecular formula is C9H7N5. The van der Waals surface area contributed by atoms with Crippen molar-refractivity contribution < 1.29 is 0 Å². The van der Waals surface area contributed by atoms with Crippen molar-refractivity contribution in [1.82, 2.24) is 19.7 Å². The molecule has 0 fully saturated rings. The lowest BCUT2D eigenvalue weighted by Crippen LogP contribution is -1.98. The van der Waals surface area contributed by atoms with Gasteiger partial charge in [-0.05, 0) is 24.6 Å². The standard InChI is InChI=1S/C9H7N5/c1-7-2-3-11-9(4-7)14-6-12-8(5-10)13-14/h2-4,6H,1H3. The second kappa shape index (κ2) is 3.26. The number of rotatable bonds is 1. The molecule has 0 atom stereocenters. The van der Waals surface area contributed by atoms with E-state index >= 15 is 0 Å². The summed E-state index contributed by atoms with van der Waals surface area (Å²) in [5, 5.41) is 12.5. The third kappa shape index (κ3) is 1.45. The summed E-state index contributed by atoms with van der Waals surface area (Å²) in [5.74, 6) is 0.812. The maximum absolute atomic E-state index is 8.54. The molecule has 2 aromatic heterocycles. The first-order valence-corrected chi connectivity index (χ1v) is 4.04. The zero-order valence-corrected chi connectivity index (χ0v) is 7.55. The maximum atomic E-state index is 8.54. The fourth-order valence-electron chi connectivity index (χ4n) is 1.07. The van der Waals surface area contributed by atoms with Gasteiger partial charge in [0.05, 0.1) is 0 Å². The molecule has 14 heavy (non-hydrogen) atoms. The largest absolute Gasteiger partial charge is 0.252 e. The van der Waals surface area contributed by atoms with E-state index in [1.54, 1.807) is 6.20 Å². The normalized spacial score (nSPS) is 9.71. The molecule has 0 radical (unpaired) electrons. The summed E-state index contributed by atoms with van der Waals surface area (Å²) in [6.45, 7) is 1.97. The number of nitrogens with zero attached hydrogens (tertiary/aromatic N) is 5. The molecule has 0 bridgehead atoms. The molecular weight excluding hydrogens is 178 g/mol. The fourth-order valence-corrected chi connectivity index (χ4v) is 1.07. The van der Waals surface area contributed by atoms with Gasteiger partial charge in [-0.2, -0.15) is 5.26 Å². The molecule has 68 valence electrons. The molecule has 0 saturated heterocycles. The first-order chi connectivity index (χ1) is 6.79. The second-order valence-electron chi connectivity index (χ2n) is 2.82. The van der Waals surface area contributed by atoms with Crippen molar-refractivity contribution in [2.24, 2.45) is 0 Å². The molecule has 0 aliphatic carbocycles. The van der Waals surface area contributed by atoms with Gasteiger partial charge >= 0.3 is 0 Å². The predicted octanol–water partition coefficient (Wildman–Crippen LogP) is 0.842. The van der Waals surface area contributed by atoms with Gasteiger partial charge in [0.1, 0.15) is 12.4 Å². The zero-order chi connectivity index (χ0) is 9.97. The summed E-state index contributed by atoms with van der Waals surface area (Å²) in [5.41, 5.74) is 1.09. The third-order valence-corrected chi connectivity index (χ3v) is 1.73. The molecule has 5 heteroatoms. The lowest BCUT2D eigenvalue weighted by Gasteiger charge is -1.98. The summed E-state index contributed by atoms with van der Waals surface area (Å²) in [7, 11) is 0. The van der Waals surface area contributed by atoms with Gasteiger partial charge in [-0.3, -0.25) is 0 Å². The minimum absolute atomic E-state index is 0.147. The Labute approximate surface area is 80.7 Å². The number of pyridine rings is 1. The van der Waals surface area contributed by atoms with Gasteiger partial charge in [0.2, 0.25) is 0 Å². The average Bonchev–Trinajstić information content (AvgIpc) is 2.66. The highest BCUT2D eigenvalue weighted by Crippen LogP contribution is 2.04. The highest BCUT2D eigenvalue weighted by molar-refractivity contribution is 5.26. The maximum Gasteiger partial charge on any atom is 0.252 e. The second-order valence-corrected chi connectivity index (χ2v) is 2.82. The number of aryl methyl sites for hydroxylation is 1. The fraction of sp³-hybridized carbons (Fsp3) is 0.111. The van der Waals surface area contributed by atoms with Crippen LogP contribution in [0.2, 0.25) is 0 Å². The molecule has 2 aromatic rings. The summed E-state index contributed by atoms with van der Waals surface area (Å²) < 4.78 is 1.48. The van der Waals surface area contributed by atoms with Gasteiger partial charge in [-0.1, -0.05) is 0 Å². The first kappa shape index (κ1) is 8.38. The molecule has 0 N–H and O–H groups in total. The summed E-state index contributed by atoms with van der Waals surface area (Å²) >= 11 is 0. The van der Waals surface area contributed by atoms with Gasteiger partial charge in [0, 0.05) is 6.20 Å². The van der Waals surface area contributed by atoms with E-state index in [0.29, 0.717) is 5.82 Å². The van der Waals surface area contributed by atoms with Crippen molar-refractivity contribution in [3.63, 3.8) is 0 Å². The van der Waals surface area contributed by atoms with Crippen LogP contribution in [0.4, 0.5) is 0 Å². The molecule has 2 heterocycles. The van der Waals surface area contributed by atoms with Crippen LogP contribution in [0.15, 0.2) is 24.7 Å². The zero-order valence-electron chi connectivity index (χ0n) is 7.55. The van der Waals surface area contributed by atoms with Crippen molar-refractivity contribution in [3.05, 3.63) is 36.0 Å². The van der Waals surface area contributed by atoms with Crippen LogP contribution in [0.3, 0.4) is 0 Å². The van der Waals surface area contributed by atoms with Crippen LogP contribution in [0, 0.1) is 18.3 Å². The Bertz CT molecular complexity index is 494. The predicted molar refractivity (Wildman–Crippen MR) is 48.6 cm³/mol. The Balaban J connectivity index is 2.45. The van der Waals surface area contributed by atoms with E-state index in [2.05, 4.69) is 15.1 Å². The number of hydrogen-bond donors (Lipinski definition) is 0. The van der Waals surface area contributed by atoms with Crippen molar-refractivity contribution in [1.29, 1.82) is 5.26 Å². The van der Waals surface area contributed by atoms with Crippen molar-refractivity contribution in [2.75, 3.05) is 0 Å². The summed E-state index contributed by atoms with van der Waals surface area (Å²) in [6, 6.07) is 5.63. The topological polar surface area (TPSA) is 67.4 Å². The van der Waals surface area contributed by atoms with Crippen LogP contribution in [0.25, 0.3) is 5.82 Å². The van der Waals surface area contributed by atoms with E-state index in [0.717, 1.165) is 5.56 Å². The van der Waals surface area contributed by atoms with E-state index in [-0.39, 0.29) is 5.82 Å². The Hall–Kier alpha value is -2.22. The molecule has 0 saturated carbocycles. The summed E-state index contributed by atoms with van der Waals surface area (Å²) in [4.78, 5) is 7.90. The Morgan fingerprint density at radius 3 is 2.93 bits per heavy atom. The summed E-state index contributed by atoms with van der Waals surface area (Å²) in [6.07, 6.45) is 3.17. The van der Waals surface area contributed by atoms with Crippen LogP contribution in [-0.2, 0) is 0 Å². The Morgan fingerprint density at radius 1 is 1.43 bits per heavy atom. The van der Waals surface area contributed by atoms with E-state index in [9.17, 15) is 0 Å². The minimum Gasteiger partial charge on any atom is -0.237 e. The molecule has 0 unspecified atom stereocenters. The molecule has 0 aromatic carbocycles. The Morgan fingerprint density at radius 2 is 2.29 bits per heavy atom. The van der Waals surface area contributed by atoms with E-state index in [1.807, 2.05) is 25.1 Å². The molecule has 0 aliphatic rings. The first-order valence-electron chi connectivity index (χ1n) is 4.04. The highest BCUT2D eigenvalue weighted by Gasteiger charge is 2.01. The van der Waals surface area contributed by atoms with E-state index < -0.39 is 0 Å². The van der Waals surface area contributed by atoms with Gasteiger partial charge in [-0.15, -0.1) is 5.10 Å². The van der Waals surface area contributed by atoms with Gasteiger partial charge in [0.25, 0.3) is 5.82 Å². The molecule has 0 aliphatic heterocycles. The Kier molecular flexibility index (Phi) is 1.95. The molecule has 0 amide bonds. The minimum atomic E-state index is 0.147. The quantitative estimate of drug-likeness (QED) is 0.660. The molecule has 0 spiro atoms. The van der Waals surface area contributed by atoms with Gasteiger partial charge < -0.3 is 0 Å². The average molecular weight is 185 g/mol. The highest BCUT2D eigenvalue weighted by atomic mass is 15.4. The SMILES string of the molecule is Cc1ccnc(-n2cnc(C#N)n2)c1. The van der Waals surface area contributed by atoms with Crippen LogP contribution < -0.4 is 0 Å². The van der Waals surface area contributed by atoms with E-state index in [4.69, 9.17) is 5.26 Å². The van der Waals surface area contributed by atoms with Crippen LogP contribution in [-0.4, -0.2) is 19.7 Å². The lowest BCUT2D eigenvalue weighted by atomic mass is 10.3. The van der Waals surface area contributed by atoms with Crippen molar-refractivity contribution in [3.8, 4) is 11.9 Å². The van der Waals surface area contributed by atoms with Crippen LogP contribution in [0.5, 0.6) is 0 Å². The number of hydrogen-bond acceptors (Lipinski definition) is 4. The van der Waals surface area contributed by atoms with Crippen LogP contribution >= 0.6 is 0 Å². The van der Waals surface area contributed by atoms with Crippen molar-refractivity contribution in [2.45, 2.75) is 6.92 Å². The third-order valence-electron chi connectivity index (χ3n) is 1.73. The lowest BCUT2D eigenvalue weighted by molar-refractivity contribution is 0.838. The number of nitriles is 1. The monoisotopic (exact) mass is 185 g/mol. The van der Waals surface area contributed by atoms with E-state index in [1.165, 1.54) is 11.0 Å². The molecule has 5 nitrogen and oxygen atoms in total. The molecule has 2 rings (SSSR count). The van der Waals surface area contributed by atoms with Gasteiger partial charge in [-0.25, -0.2) is 14.6 Å². The number of aromatic nitrogens is 4. The smallest absolute Gasteiger partial charge is 0.237 e. The van der Waals surface area contributed by atoms with Gasteiger partial charge in [0.15, 0.2) is 5.82 Å². The van der Waals surface area contributed by atoms with Crippen molar-refractivity contribution >= 4 is 0 Å². The van der Waals surface area contributed by atoms with Crippen LogP contribution in [0.1, 0.15) is 11.4 Å².